The number of anilines is 2. The highest BCUT2D eigenvalue weighted by molar-refractivity contribution is 5.87. The first-order valence-corrected chi connectivity index (χ1v) is 6.84. The van der Waals surface area contributed by atoms with Crippen LogP contribution in [0, 0.1) is 6.07 Å². The molecular weight excluding hydrogens is 242 g/mol. The molecule has 3 aromatic carbocycles. The van der Waals surface area contributed by atoms with E-state index in [1.807, 2.05) is 18.2 Å². The second kappa shape index (κ2) is 4.53. The van der Waals surface area contributed by atoms with E-state index >= 15 is 0 Å². The molecule has 0 aromatic heterocycles. The van der Waals surface area contributed by atoms with Crippen LogP contribution in [0.15, 0.2) is 72.8 Å². The third kappa shape index (κ3) is 1.71. The lowest BCUT2D eigenvalue weighted by Crippen LogP contribution is -2.21. The Labute approximate surface area is 119 Å². The van der Waals surface area contributed by atoms with E-state index in [4.69, 9.17) is 0 Å². The Morgan fingerprint density at radius 3 is 2.45 bits per heavy atom. The van der Waals surface area contributed by atoms with Crippen molar-refractivity contribution in [3.63, 3.8) is 0 Å². The SMILES string of the molecule is [c]1cccc(N2Cc3ccccc3-c3ccccc32)c1. The number of hydrogen-bond donors (Lipinski definition) is 0. The zero-order chi connectivity index (χ0) is 13.4. The van der Waals surface area contributed by atoms with Gasteiger partial charge in [0.05, 0.1) is 0 Å². The van der Waals surface area contributed by atoms with Crippen molar-refractivity contribution in [2.45, 2.75) is 6.54 Å². The van der Waals surface area contributed by atoms with Gasteiger partial charge >= 0.3 is 0 Å². The van der Waals surface area contributed by atoms with Gasteiger partial charge in [0.15, 0.2) is 0 Å². The summed E-state index contributed by atoms with van der Waals surface area (Å²) < 4.78 is 0. The van der Waals surface area contributed by atoms with Crippen LogP contribution in [0.2, 0.25) is 0 Å². The molecule has 0 amide bonds. The van der Waals surface area contributed by atoms with E-state index < -0.39 is 0 Å². The lowest BCUT2D eigenvalue weighted by Gasteiger charge is -2.32. The Bertz CT molecular complexity index is 746. The summed E-state index contributed by atoms with van der Waals surface area (Å²) in [4.78, 5) is 2.36. The van der Waals surface area contributed by atoms with Gasteiger partial charge in [0.1, 0.15) is 0 Å². The summed E-state index contributed by atoms with van der Waals surface area (Å²) in [6.45, 7) is 0.908. The summed E-state index contributed by atoms with van der Waals surface area (Å²) in [6, 6.07) is 28.6. The fourth-order valence-corrected chi connectivity index (χ4v) is 2.90. The van der Waals surface area contributed by atoms with E-state index in [-0.39, 0.29) is 0 Å². The number of rotatable bonds is 1. The molecule has 0 aliphatic carbocycles. The van der Waals surface area contributed by atoms with Crippen LogP contribution in [0.4, 0.5) is 11.4 Å². The monoisotopic (exact) mass is 256 g/mol. The molecule has 0 unspecified atom stereocenters. The van der Waals surface area contributed by atoms with E-state index in [0.717, 1.165) is 6.54 Å². The summed E-state index contributed by atoms with van der Waals surface area (Å²) in [5.41, 5.74) is 6.48. The van der Waals surface area contributed by atoms with Crippen LogP contribution in [0.5, 0.6) is 0 Å². The Morgan fingerprint density at radius 2 is 1.60 bits per heavy atom. The van der Waals surface area contributed by atoms with Gasteiger partial charge in [-0.05, 0) is 35.4 Å². The molecular formula is C19H14N. The average Bonchev–Trinajstić information content (AvgIpc) is 2.55. The molecule has 0 bridgehead atoms. The number of benzene rings is 3. The van der Waals surface area contributed by atoms with Crippen molar-refractivity contribution in [2.24, 2.45) is 0 Å². The maximum atomic E-state index is 3.17. The maximum absolute atomic E-state index is 3.17. The molecule has 1 aliphatic rings. The molecule has 0 spiro atoms. The van der Waals surface area contributed by atoms with Crippen LogP contribution in [0.25, 0.3) is 11.1 Å². The minimum atomic E-state index is 0.908. The Hall–Kier alpha value is -2.54. The van der Waals surface area contributed by atoms with Crippen molar-refractivity contribution in [1.29, 1.82) is 0 Å². The molecule has 0 N–H and O–H groups in total. The number of para-hydroxylation sites is 1. The quantitative estimate of drug-likeness (QED) is 0.604. The zero-order valence-corrected chi connectivity index (χ0v) is 11.1. The molecule has 95 valence electrons. The molecule has 0 fully saturated rings. The predicted octanol–water partition coefficient (Wildman–Crippen LogP) is 4.81. The third-order valence-corrected chi connectivity index (χ3v) is 3.83. The van der Waals surface area contributed by atoms with E-state index in [1.54, 1.807) is 0 Å². The van der Waals surface area contributed by atoms with Gasteiger partial charge in [0.2, 0.25) is 0 Å². The second-order valence-corrected chi connectivity index (χ2v) is 5.02. The summed E-state index contributed by atoms with van der Waals surface area (Å²) in [5.74, 6) is 0. The molecule has 4 rings (SSSR count). The number of hydrogen-bond acceptors (Lipinski definition) is 1. The molecule has 1 heteroatoms. The smallest absolute Gasteiger partial charge is 0.0493 e. The molecule has 0 saturated carbocycles. The summed E-state index contributed by atoms with van der Waals surface area (Å²) in [5, 5.41) is 0. The lowest BCUT2D eigenvalue weighted by molar-refractivity contribution is 0.961. The van der Waals surface area contributed by atoms with Gasteiger partial charge in [-0.2, -0.15) is 0 Å². The minimum absolute atomic E-state index is 0.908. The topological polar surface area (TPSA) is 3.24 Å². The van der Waals surface area contributed by atoms with Crippen LogP contribution >= 0.6 is 0 Å². The first-order valence-electron chi connectivity index (χ1n) is 6.84. The minimum Gasteiger partial charge on any atom is -0.336 e. The Morgan fingerprint density at radius 1 is 0.800 bits per heavy atom. The summed E-state index contributed by atoms with van der Waals surface area (Å²) in [6.07, 6.45) is 0. The van der Waals surface area contributed by atoms with Crippen LogP contribution in [-0.4, -0.2) is 0 Å². The van der Waals surface area contributed by atoms with E-state index in [2.05, 4.69) is 65.6 Å². The molecule has 0 atom stereocenters. The number of fused-ring (bicyclic) bond motifs is 3. The van der Waals surface area contributed by atoms with Crippen LogP contribution in [0.3, 0.4) is 0 Å². The largest absolute Gasteiger partial charge is 0.336 e. The standard InChI is InChI=1S/C19H14N/c1-2-9-16(10-3-1)20-14-15-8-4-5-11-17(15)18-12-6-7-13-19(18)20/h1-2,4-13H,14H2. The highest BCUT2D eigenvalue weighted by Crippen LogP contribution is 2.42. The van der Waals surface area contributed by atoms with Crippen LogP contribution in [0.1, 0.15) is 5.56 Å². The Balaban J connectivity index is 1.93. The van der Waals surface area contributed by atoms with Crippen molar-refractivity contribution in [3.8, 4) is 11.1 Å². The van der Waals surface area contributed by atoms with Crippen molar-refractivity contribution in [2.75, 3.05) is 4.90 Å². The Kier molecular flexibility index (Phi) is 2.56. The van der Waals surface area contributed by atoms with Gasteiger partial charge in [0.25, 0.3) is 0 Å². The van der Waals surface area contributed by atoms with Gasteiger partial charge < -0.3 is 4.90 Å². The van der Waals surface area contributed by atoms with Crippen molar-refractivity contribution < 1.29 is 0 Å². The highest BCUT2D eigenvalue weighted by Gasteiger charge is 2.21. The molecule has 20 heavy (non-hydrogen) atoms. The first-order chi connectivity index (χ1) is 9.93. The molecule has 3 aromatic rings. The molecule has 1 radical (unpaired) electrons. The average molecular weight is 256 g/mol. The van der Waals surface area contributed by atoms with Crippen LogP contribution in [-0.2, 0) is 6.54 Å². The molecule has 0 saturated heterocycles. The lowest BCUT2D eigenvalue weighted by atomic mass is 9.93. The molecule has 1 nitrogen and oxygen atoms in total. The van der Waals surface area contributed by atoms with Gasteiger partial charge in [-0.1, -0.05) is 54.6 Å². The zero-order valence-electron chi connectivity index (χ0n) is 11.1. The number of nitrogens with zero attached hydrogens (tertiary/aromatic N) is 1. The van der Waals surface area contributed by atoms with Crippen molar-refractivity contribution >= 4 is 11.4 Å². The predicted molar refractivity (Wildman–Crippen MR) is 83.0 cm³/mol. The molecule has 1 heterocycles. The third-order valence-electron chi connectivity index (χ3n) is 3.83. The maximum Gasteiger partial charge on any atom is 0.0493 e. The van der Waals surface area contributed by atoms with Gasteiger partial charge in [-0.15, -0.1) is 0 Å². The summed E-state index contributed by atoms with van der Waals surface area (Å²) >= 11 is 0. The first kappa shape index (κ1) is 11.3. The van der Waals surface area contributed by atoms with E-state index in [0.29, 0.717) is 0 Å². The van der Waals surface area contributed by atoms with E-state index in [1.165, 1.54) is 28.1 Å². The summed E-state index contributed by atoms with van der Waals surface area (Å²) in [7, 11) is 0. The van der Waals surface area contributed by atoms with Gasteiger partial charge in [-0.25, -0.2) is 0 Å². The molecule has 1 aliphatic heterocycles. The normalized spacial score (nSPS) is 12.7. The van der Waals surface area contributed by atoms with Gasteiger partial charge in [-0.3, -0.25) is 0 Å². The van der Waals surface area contributed by atoms with Crippen molar-refractivity contribution in [3.05, 3.63) is 84.4 Å². The van der Waals surface area contributed by atoms with E-state index in [9.17, 15) is 0 Å². The fourth-order valence-electron chi connectivity index (χ4n) is 2.90. The highest BCUT2D eigenvalue weighted by atomic mass is 15.1. The fraction of sp³-hybridized carbons (Fsp3) is 0.0526. The van der Waals surface area contributed by atoms with Crippen molar-refractivity contribution in [1.82, 2.24) is 0 Å². The second-order valence-electron chi connectivity index (χ2n) is 5.02. The van der Waals surface area contributed by atoms with Gasteiger partial charge in [0, 0.05) is 23.5 Å². The van der Waals surface area contributed by atoms with Crippen LogP contribution < -0.4 is 4.90 Å².